The fourth-order valence-corrected chi connectivity index (χ4v) is 2.92. The standard InChI is InChI=1S/C20H17N5O2/c1-27-19-12-18-15(11-16(19)20(21)26)17(7-9-22-18)24-13-3-5-14(6-4-13)25-10-2-8-23-25/h2-12H,1H3,(H2,21,26)(H,22,24). The third kappa shape index (κ3) is 3.18. The molecule has 3 N–H and O–H groups in total. The summed E-state index contributed by atoms with van der Waals surface area (Å²) in [5.74, 6) is -0.143. The molecule has 0 saturated carbocycles. The molecule has 2 aromatic carbocycles. The van der Waals surface area contributed by atoms with Gasteiger partial charge in [-0.25, -0.2) is 4.68 Å². The summed E-state index contributed by atoms with van der Waals surface area (Å²) in [4.78, 5) is 16.1. The fourth-order valence-electron chi connectivity index (χ4n) is 2.92. The zero-order valence-corrected chi connectivity index (χ0v) is 14.6. The first kappa shape index (κ1) is 16.6. The highest BCUT2D eigenvalue weighted by molar-refractivity contribution is 6.03. The van der Waals surface area contributed by atoms with Gasteiger partial charge in [-0.3, -0.25) is 9.78 Å². The number of carbonyl (C=O) groups excluding carboxylic acids is 1. The Morgan fingerprint density at radius 3 is 2.63 bits per heavy atom. The lowest BCUT2D eigenvalue weighted by atomic mass is 10.1. The number of ether oxygens (including phenoxy) is 1. The molecule has 0 bridgehead atoms. The number of fused-ring (bicyclic) bond motifs is 1. The van der Waals surface area contributed by atoms with Gasteiger partial charge in [-0.05, 0) is 42.5 Å². The predicted octanol–water partition coefficient (Wildman–Crippen LogP) is 3.27. The predicted molar refractivity (Wildman–Crippen MR) is 104 cm³/mol. The summed E-state index contributed by atoms with van der Waals surface area (Å²) in [6, 6.07) is 15.0. The number of nitrogens with zero attached hydrogens (tertiary/aromatic N) is 3. The lowest BCUT2D eigenvalue weighted by Crippen LogP contribution is -2.12. The number of hydrogen-bond acceptors (Lipinski definition) is 5. The van der Waals surface area contributed by atoms with Crippen molar-refractivity contribution in [2.24, 2.45) is 5.73 Å². The molecule has 7 heteroatoms. The Morgan fingerprint density at radius 2 is 1.96 bits per heavy atom. The van der Waals surface area contributed by atoms with Crippen LogP contribution in [0.5, 0.6) is 5.75 Å². The summed E-state index contributed by atoms with van der Waals surface area (Å²) in [5.41, 5.74) is 9.18. The van der Waals surface area contributed by atoms with Crippen LogP contribution in [0.25, 0.3) is 16.6 Å². The number of pyridine rings is 1. The molecule has 1 amide bonds. The molecular weight excluding hydrogens is 342 g/mol. The van der Waals surface area contributed by atoms with E-state index in [1.54, 1.807) is 29.2 Å². The van der Waals surface area contributed by atoms with E-state index in [9.17, 15) is 4.79 Å². The van der Waals surface area contributed by atoms with E-state index in [1.807, 2.05) is 42.6 Å². The molecule has 0 radical (unpaired) electrons. The van der Waals surface area contributed by atoms with E-state index in [4.69, 9.17) is 10.5 Å². The van der Waals surface area contributed by atoms with Gasteiger partial charge in [0.05, 0.1) is 23.9 Å². The van der Waals surface area contributed by atoms with Crippen molar-refractivity contribution in [3.63, 3.8) is 0 Å². The Labute approximate surface area is 155 Å². The van der Waals surface area contributed by atoms with Crippen molar-refractivity contribution in [3.8, 4) is 11.4 Å². The van der Waals surface area contributed by atoms with E-state index in [1.165, 1.54) is 7.11 Å². The molecule has 134 valence electrons. The van der Waals surface area contributed by atoms with E-state index in [2.05, 4.69) is 15.4 Å². The second-order valence-electron chi connectivity index (χ2n) is 5.91. The van der Waals surface area contributed by atoms with Crippen LogP contribution in [0.4, 0.5) is 11.4 Å². The van der Waals surface area contributed by atoms with Crippen LogP contribution in [0.2, 0.25) is 0 Å². The summed E-state index contributed by atoms with van der Waals surface area (Å²) in [6.07, 6.45) is 5.32. The molecule has 0 aliphatic heterocycles. The molecule has 2 aromatic heterocycles. The number of amides is 1. The maximum atomic E-state index is 11.7. The van der Waals surface area contributed by atoms with Crippen LogP contribution in [0.15, 0.2) is 67.1 Å². The van der Waals surface area contributed by atoms with Gasteiger partial charge in [0.15, 0.2) is 0 Å². The second kappa shape index (κ2) is 6.80. The molecule has 0 unspecified atom stereocenters. The molecular formula is C20H17N5O2. The van der Waals surface area contributed by atoms with Crippen LogP contribution in [0, 0.1) is 0 Å². The lowest BCUT2D eigenvalue weighted by molar-refractivity contribution is 0.0997. The van der Waals surface area contributed by atoms with Gasteiger partial charge in [0.1, 0.15) is 5.75 Å². The summed E-state index contributed by atoms with van der Waals surface area (Å²) in [5, 5.41) is 8.36. The highest BCUT2D eigenvalue weighted by atomic mass is 16.5. The minimum atomic E-state index is -0.549. The van der Waals surface area contributed by atoms with E-state index in [0.29, 0.717) is 16.8 Å². The third-order valence-electron chi connectivity index (χ3n) is 4.24. The summed E-state index contributed by atoms with van der Waals surface area (Å²) < 4.78 is 7.04. The van der Waals surface area contributed by atoms with Gasteiger partial charge in [-0.15, -0.1) is 0 Å². The number of nitrogens with one attached hydrogen (secondary N) is 1. The number of nitrogens with two attached hydrogens (primary N) is 1. The van der Waals surface area contributed by atoms with Crippen molar-refractivity contribution in [1.82, 2.24) is 14.8 Å². The van der Waals surface area contributed by atoms with Gasteiger partial charge in [-0.1, -0.05) is 0 Å². The van der Waals surface area contributed by atoms with Crippen molar-refractivity contribution in [2.75, 3.05) is 12.4 Å². The van der Waals surface area contributed by atoms with Gasteiger partial charge in [0, 0.05) is 41.4 Å². The van der Waals surface area contributed by atoms with E-state index in [0.717, 1.165) is 22.4 Å². The fraction of sp³-hybridized carbons (Fsp3) is 0.0500. The van der Waals surface area contributed by atoms with Crippen LogP contribution < -0.4 is 15.8 Å². The van der Waals surface area contributed by atoms with Gasteiger partial charge in [-0.2, -0.15) is 5.10 Å². The van der Waals surface area contributed by atoms with Crippen LogP contribution in [-0.2, 0) is 0 Å². The summed E-state index contributed by atoms with van der Waals surface area (Å²) >= 11 is 0. The SMILES string of the molecule is COc1cc2nccc(Nc3ccc(-n4cccn4)cc3)c2cc1C(N)=O. The molecule has 0 aliphatic rings. The number of aromatic nitrogens is 3. The quantitative estimate of drug-likeness (QED) is 0.570. The highest BCUT2D eigenvalue weighted by Gasteiger charge is 2.13. The number of rotatable bonds is 5. The molecule has 4 rings (SSSR count). The van der Waals surface area contributed by atoms with Crippen LogP contribution in [0.1, 0.15) is 10.4 Å². The Hall–Kier alpha value is -3.87. The molecule has 27 heavy (non-hydrogen) atoms. The molecule has 2 heterocycles. The number of methoxy groups -OCH3 is 1. The van der Waals surface area contributed by atoms with Gasteiger partial charge < -0.3 is 15.8 Å². The Morgan fingerprint density at radius 1 is 1.15 bits per heavy atom. The van der Waals surface area contributed by atoms with Crippen molar-refractivity contribution >= 4 is 28.2 Å². The van der Waals surface area contributed by atoms with Crippen molar-refractivity contribution in [2.45, 2.75) is 0 Å². The first-order valence-electron chi connectivity index (χ1n) is 8.29. The highest BCUT2D eigenvalue weighted by Crippen LogP contribution is 2.31. The van der Waals surface area contributed by atoms with Crippen molar-refractivity contribution in [3.05, 3.63) is 72.7 Å². The number of primary amides is 1. The molecule has 0 spiro atoms. The van der Waals surface area contributed by atoms with Gasteiger partial charge in [0.25, 0.3) is 5.91 Å². The van der Waals surface area contributed by atoms with E-state index in [-0.39, 0.29) is 0 Å². The second-order valence-corrected chi connectivity index (χ2v) is 5.91. The van der Waals surface area contributed by atoms with Crippen LogP contribution >= 0.6 is 0 Å². The monoisotopic (exact) mass is 359 g/mol. The first-order valence-corrected chi connectivity index (χ1v) is 8.29. The van der Waals surface area contributed by atoms with Crippen LogP contribution in [-0.4, -0.2) is 27.8 Å². The smallest absolute Gasteiger partial charge is 0.252 e. The molecule has 0 atom stereocenters. The van der Waals surface area contributed by atoms with Gasteiger partial charge in [0.2, 0.25) is 0 Å². The topological polar surface area (TPSA) is 95.1 Å². The lowest BCUT2D eigenvalue weighted by Gasteiger charge is -2.13. The maximum absolute atomic E-state index is 11.7. The van der Waals surface area contributed by atoms with Crippen molar-refractivity contribution < 1.29 is 9.53 Å². The number of hydrogen-bond donors (Lipinski definition) is 2. The zero-order chi connectivity index (χ0) is 18.8. The number of benzene rings is 2. The summed E-state index contributed by atoms with van der Waals surface area (Å²) in [7, 11) is 1.50. The van der Waals surface area contributed by atoms with E-state index < -0.39 is 5.91 Å². The Bertz CT molecular complexity index is 1110. The third-order valence-corrected chi connectivity index (χ3v) is 4.24. The molecule has 0 aliphatic carbocycles. The number of anilines is 2. The van der Waals surface area contributed by atoms with Gasteiger partial charge >= 0.3 is 0 Å². The minimum absolute atomic E-state index is 0.315. The molecule has 7 nitrogen and oxygen atoms in total. The number of carbonyl (C=O) groups is 1. The normalized spacial score (nSPS) is 10.7. The summed E-state index contributed by atoms with van der Waals surface area (Å²) in [6.45, 7) is 0. The average Bonchev–Trinajstić information content (AvgIpc) is 3.22. The average molecular weight is 359 g/mol. The first-order chi connectivity index (χ1) is 13.2. The van der Waals surface area contributed by atoms with Crippen molar-refractivity contribution in [1.29, 1.82) is 0 Å². The molecule has 4 aromatic rings. The molecule has 0 fully saturated rings. The van der Waals surface area contributed by atoms with E-state index >= 15 is 0 Å². The minimum Gasteiger partial charge on any atom is -0.496 e. The Balaban J connectivity index is 1.71. The maximum Gasteiger partial charge on any atom is 0.252 e. The largest absolute Gasteiger partial charge is 0.496 e. The Kier molecular flexibility index (Phi) is 4.18. The zero-order valence-electron chi connectivity index (χ0n) is 14.6. The molecule has 0 saturated heterocycles. The van der Waals surface area contributed by atoms with Crippen LogP contribution in [0.3, 0.4) is 0 Å².